The van der Waals surface area contributed by atoms with Crippen LogP contribution in [-0.4, -0.2) is 20.3 Å². The molecule has 5 nitrogen and oxygen atoms in total. The molecule has 3 aromatic carbocycles. The Hall–Kier alpha value is -3.02. The third-order valence-electron chi connectivity index (χ3n) is 6.40. The summed E-state index contributed by atoms with van der Waals surface area (Å²) in [5.41, 5.74) is 12.3. The molecule has 3 aromatic rings. The Bertz CT molecular complexity index is 1040. The van der Waals surface area contributed by atoms with Gasteiger partial charge in [0.15, 0.2) is 0 Å². The van der Waals surface area contributed by atoms with Crippen molar-refractivity contribution in [3.8, 4) is 11.5 Å². The lowest BCUT2D eigenvalue weighted by atomic mass is 9.82. The number of para-hydroxylation sites is 2. The van der Waals surface area contributed by atoms with Crippen LogP contribution >= 0.6 is 0 Å². The van der Waals surface area contributed by atoms with Crippen LogP contribution in [-0.2, 0) is 6.54 Å². The van der Waals surface area contributed by atoms with Gasteiger partial charge in [-0.05, 0) is 42.3 Å². The molecule has 2 heterocycles. The summed E-state index contributed by atoms with van der Waals surface area (Å²) >= 11 is 0. The second-order valence-corrected chi connectivity index (χ2v) is 8.16. The summed E-state index contributed by atoms with van der Waals surface area (Å²) in [7, 11) is 1.74. The number of hydrogen-bond donors (Lipinski definition) is 2. The van der Waals surface area contributed by atoms with E-state index >= 15 is 0 Å². The van der Waals surface area contributed by atoms with Crippen molar-refractivity contribution in [3.05, 3.63) is 89.5 Å². The van der Waals surface area contributed by atoms with Crippen LogP contribution in [0.5, 0.6) is 11.5 Å². The molecule has 5 rings (SSSR count). The van der Waals surface area contributed by atoms with Crippen LogP contribution < -0.4 is 25.2 Å². The summed E-state index contributed by atoms with van der Waals surface area (Å²) in [6, 6.07) is 26.0. The average molecular weight is 416 g/mol. The van der Waals surface area contributed by atoms with Crippen molar-refractivity contribution >= 4 is 5.69 Å². The highest BCUT2D eigenvalue weighted by atomic mass is 16.5. The van der Waals surface area contributed by atoms with E-state index < -0.39 is 0 Å². The molecular formula is C26H29N3O2. The van der Waals surface area contributed by atoms with Crippen LogP contribution in [0.15, 0.2) is 72.8 Å². The quantitative estimate of drug-likeness (QED) is 0.615. The number of nitrogens with one attached hydrogen (secondary N) is 2. The van der Waals surface area contributed by atoms with Gasteiger partial charge in [-0.25, -0.2) is 10.9 Å². The lowest BCUT2D eigenvalue weighted by molar-refractivity contribution is 0.339. The number of hydrogen-bond acceptors (Lipinski definition) is 5. The minimum atomic E-state index is 0.231. The highest BCUT2D eigenvalue weighted by Gasteiger charge is 2.43. The molecule has 0 spiro atoms. The molecular weight excluding hydrogens is 386 g/mol. The predicted molar refractivity (Wildman–Crippen MR) is 123 cm³/mol. The Morgan fingerprint density at radius 1 is 0.903 bits per heavy atom. The van der Waals surface area contributed by atoms with Gasteiger partial charge in [-0.15, -0.1) is 0 Å². The van der Waals surface area contributed by atoms with E-state index in [2.05, 4.69) is 76.4 Å². The van der Waals surface area contributed by atoms with Gasteiger partial charge in [-0.2, -0.15) is 0 Å². The summed E-state index contributed by atoms with van der Waals surface area (Å²) < 4.78 is 11.2. The molecule has 2 N–H and O–H groups in total. The fourth-order valence-corrected chi connectivity index (χ4v) is 4.95. The zero-order chi connectivity index (χ0) is 21.2. The van der Waals surface area contributed by atoms with Gasteiger partial charge in [0, 0.05) is 30.3 Å². The normalized spacial score (nSPS) is 22.0. The maximum Gasteiger partial charge on any atom is 0.123 e. The van der Waals surface area contributed by atoms with E-state index in [1.54, 1.807) is 7.11 Å². The van der Waals surface area contributed by atoms with Gasteiger partial charge in [0.25, 0.3) is 0 Å². The van der Waals surface area contributed by atoms with Crippen molar-refractivity contribution in [1.29, 1.82) is 0 Å². The van der Waals surface area contributed by atoms with E-state index in [4.69, 9.17) is 9.47 Å². The van der Waals surface area contributed by atoms with Gasteiger partial charge in [0.1, 0.15) is 11.5 Å². The van der Waals surface area contributed by atoms with E-state index in [9.17, 15) is 0 Å². The van der Waals surface area contributed by atoms with Crippen LogP contribution in [0.25, 0.3) is 0 Å². The average Bonchev–Trinajstić information content (AvgIpc) is 3.24. The summed E-state index contributed by atoms with van der Waals surface area (Å²) in [6.07, 6.45) is 0. The first kappa shape index (κ1) is 19.9. The first-order valence-corrected chi connectivity index (χ1v) is 11.0. The number of hydrazine groups is 1. The van der Waals surface area contributed by atoms with Gasteiger partial charge in [0.05, 0.1) is 25.8 Å². The number of anilines is 1. The lowest BCUT2D eigenvalue weighted by Gasteiger charge is -2.39. The molecule has 5 heteroatoms. The molecule has 0 bridgehead atoms. The fourth-order valence-electron chi connectivity index (χ4n) is 4.95. The minimum absolute atomic E-state index is 0.231. The Balaban J connectivity index is 1.46. The maximum absolute atomic E-state index is 5.63. The first-order chi connectivity index (χ1) is 15.3. The molecule has 2 aliphatic heterocycles. The van der Waals surface area contributed by atoms with Crippen LogP contribution in [0, 0.1) is 5.92 Å². The molecule has 3 unspecified atom stereocenters. The Kier molecular flexibility index (Phi) is 5.53. The molecule has 0 saturated carbocycles. The first-order valence-electron chi connectivity index (χ1n) is 11.0. The summed E-state index contributed by atoms with van der Waals surface area (Å²) in [5.74, 6) is 2.26. The summed E-state index contributed by atoms with van der Waals surface area (Å²) in [6.45, 7) is 4.47. The highest BCUT2D eigenvalue weighted by molar-refractivity contribution is 5.59. The number of rotatable bonds is 6. The van der Waals surface area contributed by atoms with E-state index in [1.165, 1.54) is 22.4 Å². The monoisotopic (exact) mass is 415 g/mol. The van der Waals surface area contributed by atoms with E-state index in [1.807, 2.05) is 19.1 Å². The molecule has 3 atom stereocenters. The smallest absolute Gasteiger partial charge is 0.123 e. The number of methoxy groups -OCH3 is 1. The maximum atomic E-state index is 5.63. The van der Waals surface area contributed by atoms with Crippen molar-refractivity contribution in [1.82, 2.24) is 10.9 Å². The zero-order valence-electron chi connectivity index (χ0n) is 18.0. The van der Waals surface area contributed by atoms with Gasteiger partial charge in [-0.1, -0.05) is 48.5 Å². The molecule has 1 saturated heterocycles. The fraction of sp³-hybridized carbons (Fsp3) is 0.308. The Labute approximate surface area is 184 Å². The molecule has 1 fully saturated rings. The SMILES string of the molecule is CCOc1ccc(C2NNC3c4ccccc4N(Cc4ccccc4OC)CC23)cc1. The van der Waals surface area contributed by atoms with Crippen molar-refractivity contribution in [2.24, 2.45) is 5.92 Å². The topological polar surface area (TPSA) is 45.8 Å². The highest BCUT2D eigenvalue weighted by Crippen LogP contribution is 2.45. The van der Waals surface area contributed by atoms with Crippen molar-refractivity contribution in [2.45, 2.75) is 25.6 Å². The molecule has 31 heavy (non-hydrogen) atoms. The molecule has 0 aliphatic carbocycles. The molecule has 0 amide bonds. The molecule has 0 radical (unpaired) electrons. The summed E-state index contributed by atoms with van der Waals surface area (Å²) in [5, 5.41) is 0. The predicted octanol–water partition coefficient (Wildman–Crippen LogP) is 4.62. The number of nitrogens with zero attached hydrogens (tertiary/aromatic N) is 1. The van der Waals surface area contributed by atoms with Crippen LogP contribution in [0.4, 0.5) is 5.69 Å². The van der Waals surface area contributed by atoms with Crippen LogP contribution in [0.1, 0.15) is 35.7 Å². The van der Waals surface area contributed by atoms with Crippen LogP contribution in [0.2, 0.25) is 0 Å². The van der Waals surface area contributed by atoms with E-state index in [0.717, 1.165) is 24.6 Å². The van der Waals surface area contributed by atoms with Crippen molar-refractivity contribution in [3.63, 3.8) is 0 Å². The second-order valence-electron chi connectivity index (χ2n) is 8.16. The van der Waals surface area contributed by atoms with Gasteiger partial charge in [0.2, 0.25) is 0 Å². The van der Waals surface area contributed by atoms with Crippen LogP contribution in [0.3, 0.4) is 0 Å². The summed E-state index contributed by atoms with van der Waals surface area (Å²) in [4.78, 5) is 2.49. The number of fused-ring (bicyclic) bond motifs is 3. The minimum Gasteiger partial charge on any atom is -0.496 e. The Morgan fingerprint density at radius 3 is 2.45 bits per heavy atom. The lowest BCUT2D eigenvalue weighted by Crippen LogP contribution is -2.39. The van der Waals surface area contributed by atoms with E-state index in [-0.39, 0.29) is 12.1 Å². The third kappa shape index (κ3) is 3.75. The largest absolute Gasteiger partial charge is 0.496 e. The van der Waals surface area contributed by atoms with Gasteiger partial charge in [-0.3, -0.25) is 0 Å². The molecule has 160 valence electrons. The van der Waals surface area contributed by atoms with Gasteiger partial charge >= 0.3 is 0 Å². The van der Waals surface area contributed by atoms with Gasteiger partial charge < -0.3 is 14.4 Å². The van der Waals surface area contributed by atoms with Crippen molar-refractivity contribution < 1.29 is 9.47 Å². The molecule has 2 aliphatic rings. The standard InChI is InChI=1S/C26H29N3O2/c1-3-31-20-14-12-18(13-15-20)25-22-17-29(16-19-8-4-7-11-24(19)30-2)23-10-6-5-9-21(23)26(22)28-27-25/h4-15,22,25-28H,3,16-17H2,1-2H3. The Morgan fingerprint density at radius 2 is 1.65 bits per heavy atom. The van der Waals surface area contributed by atoms with E-state index in [0.29, 0.717) is 12.5 Å². The van der Waals surface area contributed by atoms with Crippen molar-refractivity contribution in [2.75, 3.05) is 25.2 Å². The number of benzene rings is 3. The molecule has 0 aromatic heterocycles. The zero-order valence-corrected chi connectivity index (χ0v) is 18.0. The number of ether oxygens (including phenoxy) is 2. The third-order valence-corrected chi connectivity index (χ3v) is 6.40. The second kappa shape index (κ2) is 8.61.